The number of carbonyl (C=O) groups excluding carboxylic acids is 1. The normalized spacial score (nSPS) is 10.7. The molecular weight excluding hydrogens is 330 g/mol. The third-order valence-electron chi connectivity index (χ3n) is 3.58. The van der Waals surface area contributed by atoms with Gasteiger partial charge in [-0.25, -0.2) is 4.68 Å². The largest absolute Gasteiger partial charge is 0.497 e. The zero-order valence-corrected chi connectivity index (χ0v) is 13.2. The molecule has 7 heteroatoms. The lowest BCUT2D eigenvalue weighted by Gasteiger charge is -2.08. The Bertz CT molecular complexity index is 876. The number of nitrogens with zero attached hydrogens (tertiary/aromatic N) is 2. The lowest BCUT2D eigenvalue weighted by molar-refractivity contribution is -0.0500. The Labute approximate surface area is 142 Å². The van der Waals surface area contributed by atoms with Gasteiger partial charge in [0.1, 0.15) is 11.5 Å². The van der Waals surface area contributed by atoms with E-state index in [0.29, 0.717) is 17.5 Å². The van der Waals surface area contributed by atoms with Gasteiger partial charge in [0.2, 0.25) is 0 Å². The number of aldehydes is 1. The first-order valence-corrected chi connectivity index (χ1v) is 7.35. The molecule has 0 N–H and O–H groups in total. The van der Waals surface area contributed by atoms with Gasteiger partial charge >= 0.3 is 6.61 Å². The van der Waals surface area contributed by atoms with E-state index in [2.05, 4.69) is 9.84 Å². The van der Waals surface area contributed by atoms with E-state index < -0.39 is 6.61 Å². The van der Waals surface area contributed by atoms with Crippen LogP contribution in [0.3, 0.4) is 0 Å². The highest BCUT2D eigenvalue weighted by Crippen LogP contribution is 2.27. The molecule has 0 saturated carbocycles. The molecule has 0 saturated heterocycles. The number of ether oxygens (including phenoxy) is 2. The number of benzene rings is 2. The van der Waals surface area contributed by atoms with Crippen molar-refractivity contribution in [1.82, 2.24) is 9.78 Å². The molecule has 0 unspecified atom stereocenters. The summed E-state index contributed by atoms with van der Waals surface area (Å²) in [6.07, 6.45) is 2.22. The van der Waals surface area contributed by atoms with Gasteiger partial charge in [-0.05, 0) is 42.5 Å². The fraction of sp³-hybridized carbons (Fsp3) is 0.111. The van der Waals surface area contributed by atoms with Gasteiger partial charge in [-0.1, -0.05) is 6.07 Å². The first-order chi connectivity index (χ1) is 12.1. The SMILES string of the molecule is COc1ccc(-n2ccc(-c3ccc(C=O)c(OC(F)F)c3)n2)cc1. The first-order valence-electron chi connectivity index (χ1n) is 7.35. The summed E-state index contributed by atoms with van der Waals surface area (Å²) in [4.78, 5) is 10.9. The zero-order valence-electron chi connectivity index (χ0n) is 13.2. The van der Waals surface area contributed by atoms with Gasteiger partial charge in [-0.3, -0.25) is 4.79 Å². The van der Waals surface area contributed by atoms with Crippen LogP contribution in [0.2, 0.25) is 0 Å². The maximum atomic E-state index is 12.5. The summed E-state index contributed by atoms with van der Waals surface area (Å²) in [6, 6.07) is 13.5. The maximum Gasteiger partial charge on any atom is 0.387 e. The number of hydrogen-bond acceptors (Lipinski definition) is 4. The van der Waals surface area contributed by atoms with Crippen LogP contribution in [0.5, 0.6) is 11.5 Å². The molecule has 25 heavy (non-hydrogen) atoms. The lowest BCUT2D eigenvalue weighted by Crippen LogP contribution is -2.04. The highest BCUT2D eigenvalue weighted by atomic mass is 19.3. The van der Waals surface area contributed by atoms with Crippen LogP contribution in [0.1, 0.15) is 10.4 Å². The molecule has 1 aromatic heterocycles. The summed E-state index contributed by atoms with van der Waals surface area (Å²) < 4.78 is 36.1. The Balaban J connectivity index is 1.92. The average molecular weight is 344 g/mol. The van der Waals surface area contributed by atoms with Crippen LogP contribution in [0.15, 0.2) is 54.7 Å². The van der Waals surface area contributed by atoms with Crippen LogP contribution < -0.4 is 9.47 Å². The molecule has 0 amide bonds. The number of methoxy groups -OCH3 is 1. The van der Waals surface area contributed by atoms with Crippen molar-refractivity contribution in [2.45, 2.75) is 6.61 Å². The summed E-state index contributed by atoms with van der Waals surface area (Å²) in [5.41, 5.74) is 2.00. The van der Waals surface area contributed by atoms with E-state index in [9.17, 15) is 13.6 Å². The lowest BCUT2D eigenvalue weighted by atomic mass is 10.1. The van der Waals surface area contributed by atoms with Crippen LogP contribution in [-0.2, 0) is 0 Å². The molecule has 0 spiro atoms. The van der Waals surface area contributed by atoms with Crippen LogP contribution >= 0.6 is 0 Å². The second-order valence-electron chi connectivity index (χ2n) is 5.09. The van der Waals surface area contributed by atoms with Crippen molar-refractivity contribution >= 4 is 6.29 Å². The predicted molar refractivity (Wildman–Crippen MR) is 87.6 cm³/mol. The molecule has 0 bridgehead atoms. The molecule has 2 aromatic carbocycles. The number of hydrogen-bond donors (Lipinski definition) is 0. The molecule has 0 aliphatic carbocycles. The standard InChI is InChI=1S/C18H14F2N2O3/c1-24-15-6-4-14(5-7-15)22-9-8-16(21-22)12-2-3-13(11-23)17(10-12)25-18(19)20/h2-11,18H,1H3. The van der Waals surface area contributed by atoms with E-state index >= 15 is 0 Å². The van der Waals surface area contributed by atoms with Crippen molar-refractivity contribution in [2.75, 3.05) is 7.11 Å². The minimum atomic E-state index is -3.01. The minimum absolute atomic E-state index is 0.0543. The third-order valence-corrected chi connectivity index (χ3v) is 3.58. The Hall–Kier alpha value is -3.22. The molecule has 3 aromatic rings. The summed E-state index contributed by atoms with van der Waals surface area (Å²) in [7, 11) is 1.59. The Morgan fingerprint density at radius 3 is 2.52 bits per heavy atom. The first kappa shape index (κ1) is 16.6. The van der Waals surface area contributed by atoms with E-state index in [1.54, 1.807) is 30.1 Å². The highest BCUT2D eigenvalue weighted by molar-refractivity contribution is 5.81. The van der Waals surface area contributed by atoms with Crippen LogP contribution in [0.25, 0.3) is 16.9 Å². The van der Waals surface area contributed by atoms with Crippen LogP contribution in [0, 0.1) is 0 Å². The second-order valence-corrected chi connectivity index (χ2v) is 5.09. The third kappa shape index (κ3) is 3.65. The van der Waals surface area contributed by atoms with Gasteiger partial charge in [-0.2, -0.15) is 13.9 Å². The van der Waals surface area contributed by atoms with E-state index in [0.717, 1.165) is 11.4 Å². The van der Waals surface area contributed by atoms with Crippen molar-refractivity contribution in [3.05, 3.63) is 60.3 Å². The molecular formula is C18H14F2N2O3. The smallest absolute Gasteiger partial charge is 0.387 e. The second kappa shape index (κ2) is 7.12. The van der Waals surface area contributed by atoms with Gasteiger partial charge < -0.3 is 9.47 Å². The number of rotatable bonds is 6. The highest BCUT2D eigenvalue weighted by Gasteiger charge is 2.12. The quantitative estimate of drug-likeness (QED) is 0.635. The fourth-order valence-corrected chi connectivity index (χ4v) is 2.35. The molecule has 0 atom stereocenters. The molecule has 0 fully saturated rings. The molecule has 128 valence electrons. The molecule has 3 rings (SSSR count). The summed E-state index contributed by atoms with van der Waals surface area (Å²) in [6.45, 7) is -3.01. The summed E-state index contributed by atoms with van der Waals surface area (Å²) >= 11 is 0. The Morgan fingerprint density at radius 2 is 1.88 bits per heavy atom. The van der Waals surface area contributed by atoms with Gasteiger partial charge in [0, 0.05) is 11.8 Å². The fourth-order valence-electron chi connectivity index (χ4n) is 2.35. The molecule has 0 radical (unpaired) electrons. The maximum absolute atomic E-state index is 12.5. The van der Waals surface area contributed by atoms with Crippen molar-refractivity contribution in [3.8, 4) is 28.4 Å². The Kier molecular flexibility index (Phi) is 4.74. The van der Waals surface area contributed by atoms with E-state index in [-0.39, 0.29) is 11.3 Å². The van der Waals surface area contributed by atoms with E-state index in [4.69, 9.17) is 4.74 Å². The predicted octanol–water partition coefficient (Wildman–Crippen LogP) is 3.96. The van der Waals surface area contributed by atoms with Crippen molar-refractivity contribution in [1.29, 1.82) is 0 Å². The number of alkyl halides is 2. The van der Waals surface area contributed by atoms with E-state index in [1.165, 1.54) is 12.1 Å². The van der Waals surface area contributed by atoms with Gasteiger partial charge in [0.05, 0.1) is 24.1 Å². The number of carbonyl (C=O) groups is 1. The monoisotopic (exact) mass is 344 g/mol. The summed E-state index contributed by atoms with van der Waals surface area (Å²) in [5, 5.41) is 4.43. The van der Waals surface area contributed by atoms with Crippen LogP contribution in [0.4, 0.5) is 8.78 Å². The number of aromatic nitrogens is 2. The van der Waals surface area contributed by atoms with Crippen LogP contribution in [-0.4, -0.2) is 29.8 Å². The topological polar surface area (TPSA) is 53.4 Å². The van der Waals surface area contributed by atoms with Gasteiger partial charge in [-0.15, -0.1) is 0 Å². The molecule has 0 aliphatic heterocycles. The van der Waals surface area contributed by atoms with Crippen molar-refractivity contribution in [2.24, 2.45) is 0 Å². The summed E-state index contributed by atoms with van der Waals surface area (Å²) in [5.74, 6) is 0.552. The van der Waals surface area contributed by atoms with Crippen molar-refractivity contribution < 1.29 is 23.0 Å². The zero-order chi connectivity index (χ0) is 17.8. The van der Waals surface area contributed by atoms with Gasteiger partial charge in [0.15, 0.2) is 6.29 Å². The Morgan fingerprint density at radius 1 is 1.12 bits per heavy atom. The molecule has 5 nitrogen and oxygen atoms in total. The van der Waals surface area contributed by atoms with E-state index in [1.807, 2.05) is 24.3 Å². The van der Waals surface area contributed by atoms with Gasteiger partial charge in [0.25, 0.3) is 0 Å². The number of halogens is 2. The van der Waals surface area contributed by atoms with Crippen molar-refractivity contribution in [3.63, 3.8) is 0 Å². The average Bonchev–Trinajstić information content (AvgIpc) is 3.11. The minimum Gasteiger partial charge on any atom is -0.497 e. The molecule has 0 aliphatic rings. The molecule has 1 heterocycles.